The van der Waals surface area contributed by atoms with Crippen LogP contribution >= 0.6 is 0 Å². The van der Waals surface area contributed by atoms with Crippen LogP contribution in [0.15, 0.2) is 0 Å². The average Bonchev–Trinajstić information content (AvgIpc) is 2.78. The van der Waals surface area contributed by atoms with Gasteiger partial charge in [-0.15, -0.1) is 0 Å². The Balaban J connectivity index is 2.03. The summed E-state index contributed by atoms with van der Waals surface area (Å²) in [6.45, 7) is 9.88. The van der Waals surface area contributed by atoms with Crippen molar-refractivity contribution < 1.29 is 8.42 Å². The average molecular weight is 317 g/mol. The summed E-state index contributed by atoms with van der Waals surface area (Å²) in [5, 5.41) is 3.77. The van der Waals surface area contributed by atoms with Gasteiger partial charge in [0.25, 0.3) is 0 Å². The number of nitrogens with zero attached hydrogens (tertiary/aromatic N) is 1. The van der Waals surface area contributed by atoms with E-state index < -0.39 is 9.84 Å². The van der Waals surface area contributed by atoms with Gasteiger partial charge in [0.2, 0.25) is 0 Å². The van der Waals surface area contributed by atoms with Crippen LogP contribution in [0, 0.1) is 5.41 Å². The Morgan fingerprint density at radius 3 is 2.38 bits per heavy atom. The third kappa shape index (κ3) is 4.42. The molecule has 0 bridgehead atoms. The van der Waals surface area contributed by atoms with Gasteiger partial charge in [-0.25, -0.2) is 8.42 Å². The molecule has 0 aromatic heterocycles. The molecule has 0 amide bonds. The molecule has 0 aromatic rings. The molecule has 1 atom stereocenters. The van der Waals surface area contributed by atoms with Crippen molar-refractivity contribution in [2.75, 3.05) is 31.6 Å². The fourth-order valence-corrected chi connectivity index (χ4v) is 4.51. The minimum absolute atomic E-state index is 0.245. The van der Waals surface area contributed by atoms with Crippen LogP contribution in [-0.4, -0.2) is 56.5 Å². The maximum absolute atomic E-state index is 11.4. The van der Waals surface area contributed by atoms with Crippen molar-refractivity contribution in [3.63, 3.8) is 0 Å². The van der Waals surface area contributed by atoms with E-state index in [9.17, 15) is 8.42 Å². The van der Waals surface area contributed by atoms with E-state index in [0.29, 0.717) is 17.3 Å². The molecule has 1 aliphatic carbocycles. The van der Waals surface area contributed by atoms with Crippen LogP contribution in [-0.2, 0) is 9.84 Å². The lowest BCUT2D eigenvalue weighted by atomic mass is 9.81. The molecule has 1 heterocycles. The summed E-state index contributed by atoms with van der Waals surface area (Å²) in [4.78, 5) is 2.61. The van der Waals surface area contributed by atoms with Crippen molar-refractivity contribution in [1.29, 1.82) is 0 Å². The van der Waals surface area contributed by atoms with E-state index in [4.69, 9.17) is 0 Å². The third-order valence-electron chi connectivity index (χ3n) is 5.27. The van der Waals surface area contributed by atoms with Crippen LogP contribution in [0.1, 0.15) is 52.9 Å². The second-order valence-corrected chi connectivity index (χ2v) is 10.4. The molecule has 1 N–H and O–H groups in total. The molecule has 1 saturated carbocycles. The Kier molecular flexibility index (Phi) is 5.06. The van der Waals surface area contributed by atoms with E-state index in [1.54, 1.807) is 0 Å². The standard InChI is InChI=1S/C16H32N2O2S/c1-15(2,3)14-12-18(10-7-11-21(4,19)20)16(13-17-14)8-5-6-9-16/h14,17H,5-13H2,1-4H3. The van der Waals surface area contributed by atoms with E-state index in [0.717, 1.165) is 26.1 Å². The summed E-state index contributed by atoms with van der Waals surface area (Å²) in [6, 6.07) is 0.488. The van der Waals surface area contributed by atoms with Crippen LogP contribution in [0.2, 0.25) is 0 Å². The Morgan fingerprint density at radius 1 is 1.24 bits per heavy atom. The predicted octanol–water partition coefficient (Wildman–Crippen LogP) is 2.05. The largest absolute Gasteiger partial charge is 0.310 e. The number of hydrogen-bond acceptors (Lipinski definition) is 4. The maximum Gasteiger partial charge on any atom is 0.147 e. The Bertz CT molecular complexity index is 447. The van der Waals surface area contributed by atoms with Crippen LogP contribution in [0.25, 0.3) is 0 Å². The highest BCUT2D eigenvalue weighted by Gasteiger charge is 2.45. The SMILES string of the molecule is CC(C)(C)C1CN(CCCS(C)(=O)=O)C2(CCCC2)CN1. The number of hydrogen-bond donors (Lipinski definition) is 1. The van der Waals surface area contributed by atoms with Gasteiger partial charge in [0.05, 0.1) is 5.75 Å². The summed E-state index contributed by atoms with van der Waals surface area (Å²) in [7, 11) is -2.84. The van der Waals surface area contributed by atoms with Gasteiger partial charge in [-0.3, -0.25) is 4.90 Å². The Labute approximate surface area is 130 Å². The third-order valence-corrected chi connectivity index (χ3v) is 6.30. The van der Waals surface area contributed by atoms with Crippen LogP contribution in [0.5, 0.6) is 0 Å². The van der Waals surface area contributed by atoms with Gasteiger partial charge in [0.1, 0.15) is 9.84 Å². The minimum Gasteiger partial charge on any atom is -0.310 e. The first-order valence-electron chi connectivity index (χ1n) is 8.29. The summed E-state index contributed by atoms with van der Waals surface area (Å²) >= 11 is 0. The minimum atomic E-state index is -2.84. The molecule has 2 aliphatic rings. The van der Waals surface area contributed by atoms with Gasteiger partial charge in [-0.2, -0.15) is 0 Å². The molecule has 1 aliphatic heterocycles. The lowest BCUT2D eigenvalue weighted by molar-refractivity contribution is 0.0174. The smallest absolute Gasteiger partial charge is 0.147 e. The molecule has 5 heteroatoms. The summed E-state index contributed by atoms with van der Waals surface area (Å²) < 4.78 is 22.8. The Hall–Kier alpha value is -0.130. The summed E-state index contributed by atoms with van der Waals surface area (Å²) in [5.74, 6) is 0.313. The molecule has 21 heavy (non-hydrogen) atoms. The molecule has 1 spiro atoms. The highest BCUT2D eigenvalue weighted by Crippen LogP contribution is 2.38. The molecule has 1 unspecified atom stereocenters. The first-order valence-corrected chi connectivity index (χ1v) is 10.3. The molecule has 1 saturated heterocycles. The van der Waals surface area contributed by atoms with Crippen molar-refractivity contribution in [1.82, 2.24) is 10.2 Å². The van der Waals surface area contributed by atoms with Gasteiger partial charge < -0.3 is 5.32 Å². The topological polar surface area (TPSA) is 49.4 Å². The van der Waals surface area contributed by atoms with Gasteiger partial charge in [-0.1, -0.05) is 33.6 Å². The van der Waals surface area contributed by atoms with Crippen molar-refractivity contribution in [2.24, 2.45) is 5.41 Å². The molecule has 2 fully saturated rings. The van der Waals surface area contributed by atoms with E-state index in [2.05, 4.69) is 31.0 Å². The number of sulfone groups is 1. The van der Waals surface area contributed by atoms with Crippen molar-refractivity contribution >= 4 is 9.84 Å². The Morgan fingerprint density at radius 2 is 1.86 bits per heavy atom. The first-order chi connectivity index (χ1) is 9.62. The fourth-order valence-electron chi connectivity index (χ4n) is 3.86. The molecule has 0 aromatic carbocycles. The quantitative estimate of drug-likeness (QED) is 0.862. The maximum atomic E-state index is 11.4. The number of rotatable bonds is 4. The van der Waals surface area contributed by atoms with Crippen LogP contribution < -0.4 is 5.32 Å². The summed E-state index contributed by atoms with van der Waals surface area (Å²) in [5.41, 5.74) is 0.536. The van der Waals surface area contributed by atoms with Gasteiger partial charge in [0.15, 0.2) is 0 Å². The lowest BCUT2D eigenvalue weighted by Gasteiger charge is -2.51. The number of piperazine rings is 1. The normalized spacial score (nSPS) is 27.3. The molecule has 0 radical (unpaired) electrons. The fraction of sp³-hybridized carbons (Fsp3) is 1.00. The van der Waals surface area contributed by atoms with Gasteiger partial charge in [-0.05, 0) is 31.2 Å². The zero-order chi connectivity index (χ0) is 15.7. The van der Waals surface area contributed by atoms with Gasteiger partial charge >= 0.3 is 0 Å². The zero-order valence-corrected chi connectivity index (χ0v) is 14.9. The van der Waals surface area contributed by atoms with Gasteiger partial charge in [0, 0.05) is 30.9 Å². The van der Waals surface area contributed by atoms with E-state index >= 15 is 0 Å². The molecule has 4 nitrogen and oxygen atoms in total. The van der Waals surface area contributed by atoms with Crippen LogP contribution in [0.3, 0.4) is 0 Å². The lowest BCUT2D eigenvalue weighted by Crippen LogP contribution is -2.66. The van der Waals surface area contributed by atoms with Crippen molar-refractivity contribution in [2.45, 2.75) is 64.5 Å². The molecular formula is C16H32N2O2S. The second kappa shape index (κ2) is 6.17. The van der Waals surface area contributed by atoms with Crippen LogP contribution in [0.4, 0.5) is 0 Å². The predicted molar refractivity (Wildman–Crippen MR) is 88.3 cm³/mol. The monoisotopic (exact) mass is 316 g/mol. The zero-order valence-electron chi connectivity index (χ0n) is 14.1. The van der Waals surface area contributed by atoms with Crippen molar-refractivity contribution in [3.8, 4) is 0 Å². The number of nitrogens with one attached hydrogen (secondary N) is 1. The highest BCUT2D eigenvalue weighted by atomic mass is 32.2. The van der Waals surface area contributed by atoms with E-state index in [1.807, 2.05) is 0 Å². The highest BCUT2D eigenvalue weighted by molar-refractivity contribution is 7.90. The molecular weight excluding hydrogens is 284 g/mol. The molecule has 124 valence electrons. The van der Waals surface area contributed by atoms with E-state index in [1.165, 1.54) is 31.9 Å². The van der Waals surface area contributed by atoms with E-state index in [-0.39, 0.29) is 5.41 Å². The first kappa shape index (κ1) is 17.2. The second-order valence-electron chi connectivity index (χ2n) is 8.16. The van der Waals surface area contributed by atoms with Crippen molar-refractivity contribution in [3.05, 3.63) is 0 Å². The summed E-state index contributed by atoms with van der Waals surface area (Å²) in [6.07, 6.45) is 7.24. The molecule has 2 rings (SSSR count).